The van der Waals surface area contributed by atoms with Crippen molar-refractivity contribution < 1.29 is 27.4 Å². The molecule has 2 aromatic carbocycles. The van der Waals surface area contributed by atoms with Crippen LogP contribution in [0.5, 0.6) is 0 Å². The molecule has 0 amide bonds. The van der Waals surface area contributed by atoms with E-state index in [0.29, 0.717) is 22.5 Å². The first kappa shape index (κ1) is 25.6. The van der Waals surface area contributed by atoms with E-state index in [9.17, 15) is 13.2 Å². The summed E-state index contributed by atoms with van der Waals surface area (Å²) in [6, 6.07) is 14.6. The molecule has 0 saturated carbocycles. The number of nitrogens with zero attached hydrogens (tertiary/aromatic N) is 3. The Balaban J connectivity index is 1.61. The minimum Gasteiger partial charge on any atom is -0.461 e. The van der Waals surface area contributed by atoms with E-state index in [1.165, 1.54) is 0 Å². The van der Waals surface area contributed by atoms with E-state index in [2.05, 4.69) is 10.00 Å². The summed E-state index contributed by atoms with van der Waals surface area (Å²) in [7, 11) is -0.204. The molecular weight excluding hydrogens is 494 g/mol. The average molecular weight is 526 g/mol. The molecule has 0 N–H and O–H groups in total. The van der Waals surface area contributed by atoms with Gasteiger partial charge in [0.05, 0.1) is 34.7 Å². The Labute approximate surface area is 216 Å². The smallest absolute Gasteiger partial charge is 0.359 e. The fraction of sp³-hybridized carbons (Fsp3) is 0.407. The van der Waals surface area contributed by atoms with Gasteiger partial charge in [0.15, 0.2) is 15.5 Å². The first-order valence-corrected chi connectivity index (χ1v) is 14.0. The number of carbonyl (C=O) groups is 1. The zero-order chi connectivity index (χ0) is 26.2. The highest BCUT2D eigenvalue weighted by Crippen LogP contribution is 2.41. The van der Waals surface area contributed by atoms with Gasteiger partial charge in [-0.05, 0) is 43.5 Å². The van der Waals surface area contributed by atoms with Crippen LogP contribution in [0.4, 0.5) is 0 Å². The second kappa shape index (κ2) is 10.4. The minimum absolute atomic E-state index is 0.0188. The maximum atomic E-state index is 13.1. The van der Waals surface area contributed by atoms with Crippen molar-refractivity contribution in [2.75, 3.05) is 33.9 Å². The van der Waals surface area contributed by atoms with E-state index < -0.39 is 15.8 Å². The van der Waals surface area contributed by atoms with Crippen LogP contribution in [0.2, 0.25) is 0 Å². The summed E-state index contributed by atoms with van der Waals surface area (Å²) in [6.45, 7) is 3.55. The predicted molar refractivity (Wildman–Crippen MR) is 137 cm³/mol. The van der Waals surface area contributed by atoms with Gasteiger partial charge in [-0.3, -0.25) is 4.90 Å². The molecule has 2 aliphatic heterocycles. The van der Waals surface area contributed by atoms with Crippen LogP contribution in [0, 0.1) is 0 Å². The second-order valence-electron chi connectivity index (χ2n) is 9.22. The Morgan fingerprint density at radius 1 is 1.11 bits per heavy atom. The van der Waals surface area contributed by atoms with Crippen LogP contribution in [0.15, 0.2) is 53.4 Å². The lowest BCUT2D eigenvalue weighted by Crippen LogP contribution is -2.39. The van der Waals surface area contributed by atoms with Crippen molar-refractivity contribution in [1.29, 1.82) is 0 Å². The number of rotatable bonds is 7. The monoisotopic (exact) mass is 525 g/mol. The summed E-state index contributed by atoms with van der Waals surface area (Å²) in [6.07, 6.45) is 1.85. The number of esters is 1. The van der Waals surface area contributed by atoms with Crippen LogP contribution in [0.25, 0.3) is 16.9 Å². The van der Waals surface area contributed by atoms with Crippen molar-refractivity contribution in [3.63, 3.8) is 0 Å². The molecule has 1 atom stereocenters. The highest BCUT2D eigenvalue weighted by molar-refractivity contribution is 7.90. The number of ether oxygens (including phenoxy) is 3. The highest BCUT2D eigenvalue weighted by atomic mass is 32.2. The lowest BCUT2D eigenvalue weighted by atomic mass is 10.0. The zero-order valence-electron chi connectivity index (χ0n) is 21.2. The van der Waals surface area contributed by atoms with Crippen LogP contribution >= 0.6 is 0 Å². The Kier molecular flexibility index (Phi) is 7.17. The van der Waals surface area contributed by atoms with Gasteiger partial charge in [-0.2, -0.15) is 5.10 Å². The van der Waals surface area contributed by atoms with E-state index in [-0.39, 0.29) is 35.3 Å². The molecule has 5 rings (SSSR count). The Morgan fingerprint density at radius 3 is 2.57 bits per heavy atom. The number of hydrogen-bond donors (Lipinski definition) is 0. The summed E-state index contributed by atoms with van der Waals surface area (Å²) >= 11 is 0. The summed E-state index contributed by atoms with van der Waals surface area (Å²) in [5, 5.41) is 4.61. The SMILES string of the molecule is CCOC(=O)c1nn(-c2cccc(C(OC)N3CCC(OC)CC3)c2)c2c1CS(=O)(=O)c1ccccc1-2. The number of carbonyl (C=O) groups excluding carboxylic acids is 1. The summed E-state index contributed by atoms with van der Waals surface area (Å²) < 4.78 is 44.5. The quantitative estimate of drug-likeness (QED) is 0.430. The molecule has 2 aliphatic rings. The molecule has 1 fully saturated rings. The van der Waals surface area contributed by atoms with E-state index in [1.807, 2.05) is 24.3 Å². The highest BCUT2D eigenvalue weighted by Gasteiger charge is 2.36. The van der Waals surface area contributed by atoms with Gasteiger partial charge in [0.25, 0.3) is 0 Å². The third-order valence-electron chi connectivity index (χ3n) is 7.03. The van der Waals surface area contributed by atoms with Crippen molar-refractivity contribution in [2.45, 2.75) is 42.7 Å². The molecule has 3 heterocycles. The number of piperidine rings is 1. The molecule has 37 heavy (non-hydrogen) atoms. The Hall–Kier alpha value is -3.05. The number of hydrogen-bond acceptors (Lipinski definition) is 8. The molecule has 10 heteroatoms. The molecule has 1 unspecified atom stereocenters. The molecular formula is C27H31N3O6S. The number of sulfone groups is 1. The molecule has 196 valence electrons. The predicted octanol–water partition coefficient (Wildman–Crippen LogP) is 3.76. The van der Waals surface area contributed by atoms with Gasteiger partial charge in [0.1, 0.15) is 6.23 Å². The van der Waals surface area contributed by atoms with Crippen molar-refractivity contribution in [1.82, 2.24) is 14.7 Å². The van der Waals surface area contributed by atoms with Crippen LogP contribution in [0.3, 0.4) is 0 Å². The third kappa shape index (κ3) is 4.70. The molecule has 1 aromatic heterocycles. The molecule has 0 bridgehead atoms. The van der Waals surface area contributed by atoms with E-state index in [4.69, 9.17) is 14.2 Å². The largest absolute Gasteiger partial charge is 0.461 e. The van der Waals surface area contributed by atoms with E-state index in [1.54, 1.807) is 50.1 Å². The topological polar surface area (TPSA) is 100.0 Å². The average Bonchev–Trinajstić information content (AvgIpc) is 3.29. The van der Waals surface area contributed by atoms with Crippen LogP contribution < -0.4 is 0 Å². The molecule has 3 aromatic rings. The first-order valence-electron chi connectivity index (χ1n) is 12.4. The van der Waals surface area contributed by atoms with Gasteiger partial charge >= 0.3 is 5.97 Å². The molecule has 1 saturated heterocycles. The molecule has 9 nitrogen and oxygen atoms in total. The maximum Gasteiger partial charge on any atom is 0.359 e. The zero-order valence-corrected chi connectivity index (χ0v) is 22.0. The van der Waals surface area contributed by atoms with Gasteiger partial charge in [-0.1, -0.05) is 30.3 Å². The number of fused-ring (bicyclic) bond motifs is 3. The van der Waals surface area contributed by atoms with E-state index in [0.717, 1.165) is 31.5 Å². The third-order valence-corrected chi connectivity index (χ3v) is 8.72. The lowest BCUT2D eigenvalue weighted by Gasteiger charge is -2.36. The molecule has 0 spiro atoms. The fourth-order valence-electron chi connectivity index (χ4n) is 5.27. The normalized spacial score (nSPS) is 18.1. The van der Waals surface area contributed by atoms with Gasteiger partial charge in [-0.25, -0.2) is 17.9 Å². The second-order valence-corrected chi connectivity index (χ2v) is 11.2. The van der Waals surface area contributed by atoms with Gasteiger partial charge in [0, 0.05) is 38.4 Å². The van der Waals surface area contributed by atoms with Crippen LogP contribution in [-0.4, -0.2) is 69.1 Å². The van der Waals surface area contributed by atoms with Crippen molar-refractivity contribution >= 4 is 15.8 Å². The van der Waals surface area contributed by atoms with Crippen molar-refractivity contribution in [3.05, 3.63) is 65.4 Å². The first-order chi connectivity index (χ1) is 17.9. The molecule has 0 radical (unpaired) electrons. The Bertz CT molecular complexity index is 1410. The summed E-state index contributed by atoms with van der Waals surface area (Å²) in [5.41, 5.74) is 3.11. The van der Waals surface area contributed by atoms with E-state index >= 15 is 0 Å². The van der Waals surface area contributed by atoms with Gasteiger partial charge in [0.2, 0.25) is 0 Å². The van der Waals surface area contributed by atoms with Crippen molar-refractivity contribution in [3.8, 4) is 16.9 Å². The van der Waals surface area contributed by atoms with Gasteiger partial charge < -0.3 is 14.2 Å². The maximum absolute atomic E-state index is 13.1. The van der Waals surface area contributed by atoms with Crippen molar-refractivity contribution in [2.24, 2.45) is 0 Å². The fourth-order valence-corrected chi connectivity index (χ4v) is 6.86. The van der Waals surface area contributed by atoms with Gasteiger partial charge in [-0.15, -0.1) is 0 Å². The van der Waals surface area contributed by atoms with Crippen LogP contribution in [0.1, 0.15) is 47.6 Å². The Morgan fingerprint density at radius 2 is 1.86 bits per heavy atom. The lowest BCUT2D eigenvalue weighted by molar-refractivity contribution is -0.0667. The minimum atomic E-state index is -3.64. The molecule has 0 aliphatic carbocycles. The number of aromatic nitrogens is 2. The summed E-state index contributed by atoms with van der Waals surface area (Å²) in [4.78, 5) is 15.3. The number of benzene rings is 2. The number of likely N-dealkylation sites (tertiary alicyclic amines) is 1. The summed E-state index contributed by atoms with van der Waals surface area (Å²) in [5.74, 6) is -0.957. The van der Waals surface area contributed by atoms with Crippen LogP contribution in [-0.2, 0) is 29.8 Å². The number of methoxy groups -OCH3 is 2. The standard InChI is InChI=1S/C27H31N3O6S/c1-4-36-27(31)24-22-17-37(32,33)23-11-6-5-10-21(23)25(22)30(28-24)19-9-7-8-18(16-19)26(35-3)29-14-12-20(34-2)13-15-29/h5-11,16,20,26H,4,12-15,17H2,1-3H3.